The van der Waals surface area contributed by atoms with E-state index in [1.54, 1.807) is 18.5 Å². The van der Waals surface area contributed by atoms with Crippen molar-refractivity contribution in [2.45, 2.75) is 19.4 Å². The fraction of sp³-hybridized carbons (Fsp3) is 0.438. The second-order valence-corrected chi connectivity index (χ2v) is 5.78. The van der Waals surface area contributed by atoms with Gasteiger partial charge in [0.05, 0.1) is 5.69 Å². The Hall–Kier alpha value is -2.05. The molecule has 0 unspecified atom stereocenters. The molecule has 1 fully saturated rings. The molecule has 3 N–H and O–H groups in total. The number of aromatic nitrogens is 3. The van der Waals surface area contributed by atoms with Crippen LogP contribution in [-0.2, 0) is 6.54 Å². The Morgan fingerprint density at radius 1 is 1.36 bits per heavy atom. The fourth-order valence-electron chi connectivity index (χ4n) is 2.84. The van der Waals surface area contributed by atoms with Crippen LogP contribution in [0.2, 0.25) is 0 Å². The van der Waals surface area contributed by atoms with Gasteiger partial charge in [0.25, 0.3) is 5.56 Å². The van der Waals surface area contributed by atoms with Crippen LogP contribution in [0.25, 0.3) is 11.4 Å². The van der Waals surface area contributed by atoms with E-state index in [2.05, 4.69) is 19.9 Å². The molecule has 1 aliphatic heterocycles. The monoisotopic (exact) mass is 299 g/mol. The highest BCUT2D eigenvalue weighted by molar-refractivity contribution is 5.52. The van der Waals surface area contributed by atoms with Gasteiger partial charge in [0.2, 0.25) is 0 Å². The van der Waals surface area contributed by atoms with Crippen molar-refractivity contribution in [1.29, 1.82) is 0 Å². The number of H-pyrrole nitrogens is 1. The van der Waals surface area contributed by atoms with E-state index in [0.717, 1.165) is 43.7 Å². The zero-order valence-corrected chi connectivity index (χ0v) is 12.5. The smallest absolute Gasteiger partial charge is 0.251 e. The molecule has 1 saturated heterocycles. The average molecular weight is 299 g/mol. The number of hydrogen-bond acceptors (Lipinski definition) is 5. The third-order valence-corrected chi connectivity index (χ3v) is 4.16. The van der Waals surface area contributed by atoms with Crippen LogP contribution in [-0.4, -0.2) is 39.5 Å². The Balaban J connectivity index is 1.75. The molecule has 0 spiro atoms. The van der Waals surface area contributed by atoms with Crippen molar-refractivity contribution < 1.29 is 0 Å². The molecule has 2 aromatic rings. The number of likely N-dealkylation sites (tertiary alicyclic amines) is 1. The van der Waals surface area contributed by atoms with Crippen LogP contribution in [0.1, 0.15) is 18.5 Å². The van der Waals surface area contributed by atoms with Gasteiger partial charge >= 0.3 is 0 Å². The van der Waals surface area contributed by atoms with Crippen LogP contribution in [0, 0.1) is 5.92 Å². The summed E-state index contributed by atoms with van der Waals surface area (Å²) in [6, 6.07) is 5.30. The van der Waals surface area contributed by atoms with E-state index in [1.807, 2.05) is 12.1 Å². The summed E-state index contributed by atoms with van der Waals surface area (Å²) >= 11 is 0. The highest BCUT2D eigenvalue weighted by atomic mass is 16.1. The maximum Gasteiger partial charge on any atom is 0.251 e. The van der Waals surface area contributed by atoms with Crippen LogP contribution in [0.5, 0.6) is 0 Å². The number of piperidine rings is 1. The first-order valence-electron chi connectivity index (χ1n) is 7.67. The number of nitrogens with two attached hydrogens (primary N) is 1. The zero-order chi connectivity index (χ0) is 15.4. The Bertz CT molecular complexity index is 662. The van der Waals surface area contributed by atoms with Gasteiger partial charge in [0.1, 0.15) is 5.82 Å². The third kappa shape index (κ3) is 3.58. The van der Waals surface area contributed by atoms with Gasteiger partial charge in [-0.3, -0.25) is 14.7 Å². The van der Waals surface area contributed by atoms with E-state index >= 15 is 0 Å². The van der Waals surface area contributed by atoms with Crippen molar-refractivity contribution in [3.8, 4) is 11.4 Å². The van der Waals surface area contributed by atoms with Gasteiger partial charge in [-0.1, -0.05) is 0 Å². The van der Waals surface area contributed by atoms with Crippen LogP contribution in [0.15, 0.2) is 35.4 Å². The maximum atomic E-state index is 11.9. The van der Waals surface area contributed by atoms with E-state index in [1.165, 1.54) is 0 Å². The molecule has 0 radical (unpaired) electrons. The standard InChI is InChI=1S/C16H21N5O/c17-9-12-3-6-21(7-4-12)11-14-8-15(22)20-16(19-14)13-2-1-5-18-10-13/h1-2,5,8,10,12H,3-4,6-7,9,11,17H2,(H,19,20,22). The minimum Gasteiger partial charge on any atom is -0.330 e. The molecule has 6 nitrogen and oxygen atoms in total. The topological polar surface area (TPSA) is 87.9 Å². The Morgan fingerprint density at radius 2 is 2.18 bits per heavy atom. The van der Waals surface area contributed by atoms with Crippen molar-refractivity contribution in [2.24, 2.45) is 11.7 Å². The number of nitrogens with zero attached hydrogens (tertiary/aromatic N) is 3. The van der Waals surface area contributed by atoms with Crippen LogP contribution in [0.4, 0.5) is 0 Å². The summed E-state index contributed by atoms with van der Waals surface area (Å²) in [6.07, 6.45) is 5.64. The lowest BCUT2D eigenvalue weighted by molar-refractivity contribution is 0.178. The van der Waals surface area contributed by atoms with Crippen molar-refractivity contribution >= 4 is 0 Å². The molecule has 0 aromatic carbocycles. The molecule has 2 aromatic heterocycles. The summed E-state index contributed by atoms with van der Waals surface area (Å²) in [5, 5.41) is 0. The molecular formula is C16H21N5O. The summed E-state index contributed by atoms with van der Waals surface area (Å²) in [5.74, 6) is 1.21. The highest BCUT2D eigenvalue weighted by Gasteiger charge is 2.18. The summed E-state index contributed by atoms with van der Waals surface area (Å²) in [5.41, 5.74) is 7.22. The van der Waals surface area contributed by atoms with Gasteiger partial charge in [-0.25, -0.2) is 4.98 Å². The van der Waals surface area contributed by atoms with Crippen molar-refractivity contribution in [3.05, 3.63) is 46.6 Å². The van der Waals surface area contributed by atoms with Crippen LogP contribution < -0.4 is 11.3 Å². The number of aromatic amines is 1. The lowest BCUT2D eigenvalue weighted by Crippen LogP contribution is -2.36. The van der Waals surface area contributed by atoms with Gasteiger partial charge in [0.15, 0.2) is 0 Å². The molecule has 0 aliphatic carbocycles. The van der Waals surface area contributed by atoms with Crippen LogP contribution >= 0.6 is 0 Å². The summed E-state index contributed by atoms with van der Waals surface area (Å²) < 4.78 is 0. The molecule has 0 bridgehead atoms. The van der Waals surface area contributed by atoms with Crippen molar-refractivity contribution in [1.82, 2.24) is 19.9 Å². The summed E-state index contributed by atoms with van der Waals surface area (Å²) in [7, 11) is 0. The quantitative estimate of drug-likeness (QED) is 0.879. The SMILES string of the molecule is NCC1CCN(Cc2cc(=O)[nH]c(-c3cccnc3)n2)CC1. The molecule has 0 amide bonds. The fourth-order valence-corrected chi connectivity index (χ4v) is 2.84. The summed E-state index contributed by atoms with van der Waals surface area (Å²) in [4.78, 5) is 25.6. The predicted molar refractivity (Wildman–Crippen MR) is 85.1 cm³/mol. The molecule has 3 rings (SSSR count). The van der Waals surface area contributed by atoms with Crippen molar-refractivity contribution in [3.63, 3.8) is 0 Å². The van der Waals surface area contributed by atoms with Gasteiger partial charge in [-0.2, -0.15) is 0 Å². The number of pyridine rings is 1. The number of rotatable bonds is 4. The second-order valence-electron chi connectivity index (χ2n) is 5.78. The minimum atomic E-state index is -0.124. The Labute approximate surface area is 129 Å². The van der Waals surface area contributed by atoms with E-state index < -0.39 is 0 Å². The molecule has 116 valence electrons. The highest BCUT2D eigenvalue weighted by Crippen LogP contribution is 2.18. The molecule has 22 heavy (non-hydrogen) atoms. The molecule has 6 heteroatoms. The first-order valence-corrected chi connectivity index (χ1v) is 7.67. The average Bonchev–Trinajstić information content (AvgIpc) is 2.56. The van der Waals surface area contributed by atoms with Crippen LogP contribution in [0.3, 0.4) is 0 Å². The molecule has 3 heterocycles. The Kier molecular flexibility index (Phi) is 4.60. The first kappa shape index (κ1) is 14.9. The lowest BCUT2D eigenvalue weighted by atomic mass is 9.97. The zero-order valence-electron chi connectivity index (χ0n) is 12.5. The number of nitrogens with one attached hydrogen (secondary N) is 1. The molecule has 1 aliphatic rings. The minimum absolute atomic E-state index is 0.124. The van der Waals surface area contributed by atoms with Gasteiger partial charge in [0, 0.05) is 30.6 Å². The largest absolute Gasteiger partial charge is 0.330 e. The van der Waals surface area contributed by atoms with Gasteiger partial charge < -0.3 is 10.7 Å². The normalized spacial score (nSPS) is 16.8. The summed E-state index contributed by atoms with van der Waals surface area (Å²) in [6.45, 7) is 3.49. The van der Waals surface area contributed by atoms with E-state index in [0.29, 0.717) is 18.3 Å². The van der Waals surface area contributed by atoms with E-state index in [-0.39, 0.29) is 5.56 Å². The number of hydrogen-bond donors (Lipinski definition) is 2. The molecular weight excluding hydrogens is 278 g/mol. The maximum absolute atomic E-state index is 11.9. The predicted octanol–water partition coefficient (Wildman–Crippen LogP) is 1.00. The third-order valence-electron chi connectivity index (χ3n) is 4.16. The lowest BCUT2D eigenvalue weighted by Gasteiger charge is -2.30. The molecule has 0 atom stereocenters. The molecule has 0 saturated carbocycles. The first-order chi connectivity index (χ1) is 10.7. The Morgan fingerprint density at radius 3 is 2.86 bits per heavy atom. The van der Waals surface area contributed by atoms with E-state index in [4.69, 9.17) is 5.73 Å². The van der Waals surface area contributed by atoms with E-state index in [9.17, 15) is 4.79 Å². The van der Waals surface area contributed by atoms with Crippen molar-refractivity contribution in [2.75, 3.05) is 19.6 Å². The van der Waals surface area contributed by atoms with Gasteiger partial charge in [-0.15, -0.1) is 0 Å². The second kappa shape index (κ2) is 6.81. The van der Waals surface area contributed by atoms with Gasteiger partial charge in [-0.05, 0) is 50.5 Å².